The van der Waals surface area contributed by atoms with E-state index < -0.39 is 0 Å². The van der Waals surface area contributed by atoms with E-state index in [-0.39, 0.29) is 11.6 Å². The van der Waals surface area contributed by atoms with Gasteiger partial charge >= 0.3 is 0 Å². The Morgan fingerprint density at radius 1 is 1.10 bits per heavy atom. The van der Waals surface area contributed by atoms with Gasteiger partial charge in [0.15, 0.2) is 0 Å². The van der Waals surface area contributed by atoms with Crippen LogP contribution in [-0.4, -0.2) is 18.7 Å². The molecule has 0 saturated heterocycles. The van der Waals surface area contributed by atoms with Crippen molar-refractivity contribution in [3.63, 3.8) is 0 Å². The molecular formula is C19H33NO. The Balaban J connectivity index is 2.60. The minimum absolute atomic E-state index is 0.118. The molecule has 0 aliphatic rings. The highest BCUT2D eigenvalue weighted by molar-refractivity contribution is 5.28. The molecule has 2 heteroatoms. The number of nitrogens with one attached hydrogen (secondary N) is 1. The summed E-state index contributed by atoms with van der Waals surface area (Å²) >= 11 is 0. The standard InChI is InChI=1S/C19H33NO/c1-6-7-8-11-14-21-18(15-20-19(3,4)5)17-13-10-9-12-16(17)2/h9-10,12-13,18,20H,6-8,11,14-15H2,1-5H3. The SMILES string of the molecule is CCCCCCOC(CNC(C)(C)C)c1ccccc1C. The van der Waals surface area contributed by atoms with Crippen molar-refractivity contribution in [1.29, 1.82) is 0 Å². The van der Waals surface area contributed by atoms with E-state index in [0.29, 0.717) is 0 Å². The molecule has 21 heavy (non-hydrogen) atoms. The molecule has 120 valence electrons. The third-order valence-corrected chi connectivity index (χ3v) is 3.67. The molecule has 0 fully saturated rings. The molecule has 1 aromatic rings. The Bertz CT molecular complexity index is 395. The van der Waals surface area contributed by atoms with Gasteiger partial charge in [0.05, 0.1) is 6.10 Å². The molecule has 0 aromatic heterocycles. The second-order valence-corrected chi connectivity index (χ2v) is 6.91. The molecule has 0 amide bonds. The monoisotopic (exact) mass is 291 g/mol. The predicted octanol–water partition coefficient (Wildman–Crippen LogP) is 5.02. The van der Waals surface area contributed by atoms with Gasteiger partial charge < -0.3 is 10.1 Å². The fourth-order valence-electron chi connectivity index (χ4n) is 2.36. The third kappa shape index (κ3) is 7.63. The van der Waals surface area contributed by atoms with Gasteiger partial charge in [-0.1, -0.05) is 50.5 Å². The van der Waals surface area contributed by atoms with E-state index in [1.807, 2.05) is 0 Å². The van der Waals surface area contributed by atoms with Crippen LogP contribution in [0.25, 0.3) is 0 Å². The number of hydrogen-bond acceptors (Lipinski definition) is 2. The molecule has 0 aliphatic heterocycles. The number of ether oxygens (including phenoxy) is 1. The zero-order valence-electron chi connectivity index (χ0n) is 14.5. The van der Waals surface area contributed by atoms with Crippen LogP contribution >= 0.6 is 0 Å². The maximum absolute atomic E-state index is 6.19. The summed E-state index contributed by atoms with van der Waals surface area (Å²) in [5.41, 5.74) is 2.74. The molecule has 0 spiro atoms. The Kier molecular flexibility index (Phi) is 7.98. The zero-order valence-corrected chi connectivity index (χ0v) is 14.5. The van der Waals surface area contributed by atoms with Crippen LogP contribution in [0, 0.1) is 6.92 Å². The number of rotatable bonds is 9. The normalized spacial score (nSPS) is 13.4. The van der Waals surface area contributed by atoms with E-state index in [1.54, 1.807) is 0 Å². The smallest absolute Gasteiger partial charge is 0.0951 e. The summed E-state index contributed by atoms with van der Waals surface area (Å²) in [5.74, 6) is 0. The molecule has 0 aliphatic carbocycles. The van der Waals surface area contributed by atoms with Gasteiger partial charge in [0.25, 0.3) is 0 Å². The van der Waals surface area contributed by atoms with Crippen molar-refractivity contribution in [3.05, 3.63) is 35.4 Å². The van der Waals surface area contributed by atoms with Gasteiger partial charge in [0, 0.05) is 18.7 Å². The zero-order chi connectivity index (χ0) is 15.7. The van der Waals surface area contributed by atoms with Gasteiger partial charge in [0.2, 0.25) is 0 Å². The quantitative estimate of drug-likeness (QED) is 0.645. The molecule has 1 aromatic carbocycles. The fraction of sp³-hybridized carbons (Fsp3) is 0.684. The number of aryl methyl sites for hydroxylation is 1. The lowest BCUT2D eigenvalue weighted by atomic mass is 10.0. The van der Waals surface area contributed by atoms with Crippen LogP contribution in [-0.2, 0) is 4.74 Å². The van der Waals surface area contributed by atoms with Crippen molar-refractivity contribution in [2.75, 3.05) is 13.2 Å². The van der Waals surface area contributed by atoms with E-state index >= 15 is 0 Å². The average Bonchev–Trinajstić information content (AvgIpc) is 2.42. The molecule has 0 heterocycles. The highest BCUT2D eigenvalue weighted by Gasteiger charge is 2.17. The van der Waals surface area contributed by atoms with Crippen LogP contribution in [0.2, 0.25) is 0 Å². The minimum atomic E-state index is 0.118. The first-order chi connectivity index (χ1) is 9.94. The lowest BCUT2D eigenvalue weighted by Crippen LogP contribution is -2.39. The van der Waals surface area contributed by atoms with E-state index in [2.05, 4.69) is 64.2 Å². The number of unbranched alkanes of at least 4 members (excludes halogenated alkanes) is 3. The minimum Gasteiger partial charge on any atom is -0.372 e. The molecule has 1 atom stereocenters. The fourth-order valence-corrected chi connectivity index (χ4v) is 2.36. The van der Waals surface area contributed by atoms with Crippen LogP contribution in [0.1, 0.15) is 70.6 Å². The summed E-state index contributed by atoms with van der Waals surface area (Å²) in [7, 11) is 0. The molecule has 0 bridgehead atoms. The first-order valence-corrected chi connectivity index (χ1v) is 8.36. The van der Waals surface area contributed by atoms with Crippen LogP contribution in [0.5, 0.6) is 0 Å². The van der Waals surface area contributed by atoms with Gasteiger partial charge in [-0.3, -0.25) is 0 Å². The van der Waals surface area contributed by atoms with Crippen LogP contribution in [0.15, 0.2) is 24.3 Å². The third-order valence-electron chi connectivity index (χ3n) is 3.67. The number of benzene rings is 1. The summed E-state index contributed by atoms with van der Waals surface area (Å²) in [6.07, 6.45) is 5.15. The maximum atomic E-state index is 6.19. The van der Waals surface area contributed by atoms with E-state index in [1.165, 1.54) is 30.4 Å². The number of hydrogen-bond donors (Lipinski definition) is 1. The molecular weight excluding hydrogens is 258 g/mol. The maximum Gasteiger partial charge on any atom is 0.0951 e. The van der Waals surface area contributed by atoms with Crippen molar-refractivity contribution in [2.45, 2.75) is 71.9 Å². The summed E-state index contributed by atoms with van der Waals surface area (Å²) < 4.78 is 6.19. The van der Waals surface area contributed by atoms with Crippen molar-refractivity contribution < 1.29 is 4.74 Å². The predicted molar refractivity (Wildman–Crippen MR) is 91.8 cm³/mol. The van der Waals surface area contributed by atoms with Gasteiger partial charge in [0.1, 0.15) is 0 Å². The van der Waals surface area contributed by atoms with Crippen molar-refractivity contribution in [2.24, 2.45) is 0 Å². The van der Waals surface area contributed by atoms with Gasteiger partial charge in [-0.15, -0.1) is 0 Å². The second-order valence-electron chi connectivity index (χ2n) is 6.91. The summed E-state index contributed by atoms with van der Waals surface area (Å²) in [4.78, 5) is 0. The molecule has 1 N–H and O–H groups in total. The van der Waals surface area contributed by atoms with Gasteiger partial charge in [-0.2, -0.15) is 0 Å². The van der Waals surface area contributed by atoms with Gasteiger partial charge in [-0.05, 0) is 45.2 Å². The molecule has 1 rings (SSSR count). The van der Waals surface area contributed by atoms with Crippen LogP contribution in [0.3, 0.4) is 0 Å². The van der Waals surface area contributed by atoms with Crippen molar-refractivity contribution in [1.82, 2.24) is 5.32 Å². The summed E-state index contributed by atoms with van der Waals surface area (Å²) in [6, 6.07) is 8.55. The Hall–Kier alpha value is -0.860. The van der Waals surface area contributed by atoms with Crippen LogP contribution in [0.4, 0.5) is 0 Å². The first kappa shape index (κ1) is 18.2. The molecule has 0 radical (unpaired) electrons. The molecule has 0 saturated carbocycles. The summed E-state index contributed by atoms with van der Waals surface area (Å²) in [6.45, 7) is 12.7. The van der Waals surface area contributed by atoms with Crippen molar-refractivity contribution >= 4 is 0 Å². The topological polar surface area (TPSA) is 21.3 Å². The van der Waals surface area contributed by atoms with E-state index in [4.69, 9.17) is 4.74 Å². The second kappa shape index (κ2) is 9.22. The van der Waals surface area contributed by atoms with Gasteiger partial charge in [-0.25, -0.2) is 0 Å². The van der Waals surface area contributed by atoms with Crippen molar-refractivity contribution in [3.8, 4) is 0 Å². The molecule has 1 unspecified atom stereocenters. The largest absolute Gasteiger partial charge is 0.372 e. The van der Waals surface area contributed by atoms with E-state index in [9.17, 15) is 0 Å². The lowest BCUT2D eigenvalue weighted by Gasteiger charge is -2.26. The lowest BCUT2D eigenvalue weighted by molar-refractivity contribution is 0.0453. The Labute approximate surface area is 131 Å². The highest BCUT2D eigenvalue weighted by atomic mass is 16.5. The Morgan fingerprint density at radius 2 is 1.81 bits per heavy atom. The summed E-state index contributed by atoms with van der Waals surface area (Å²) in [5, 5.41) is 3.57. The first-order valence-electron chi connectivity index (χ1n) is 8.36. The molecule has 2 nitrogen and oxygen atoms in total. The highest BCUT2D eigenvalue weighted by Crippen LogP contribution is 2.22. The average molecular weight is 291 g/mol. The van der Waals surface area contributed by atoms with Crippen LogP contribution < -0.4 is 5.32 Å². The Morgan fingerprint density at radius 3 is 2.43 bits per heavy atom. The van der Waals surface area contributed by atoms with E-state index in [0.717, 1.165) is 19.6 Å².